The maximum atomic E-state index is 12.7. The first kappa shape index (κ1) is 20.7. The van der Waals surface area contributed by atoms with Gasteiger partial charge in [-0.2, -0.15) is 0 Å². The number of carbonyl (C=O) groups is 2. The SMILES string of the molecule is COc1cc(OC)cc(C(=O)NC(C(=O)NCCc2nccs2)C(C)C)c1. The molecule has 1 unspecified atom stereocenters. The summed E-state index contributed by atoms with van der Waals surface area (Å²) in [6, 6.07) is 4.25. The largest absolute Gasteiger partial charge is 0.497 e. The van der Waals surface area contributed by atoms with Crippen LogP contribution in [0.25, 0.3) is 0 Å². The first-order valence-corrected chi connectivity index (χ1v) is 9.52. The Bertz CT molecular complexity index is 740. The highest BCUT2D eigenvalue weighted by molar-refractivity contribution is 7.09. The molecule has 0 aliphatic carbocycles. The third-order valence-corrected chi connectivity index (χ3v) is 4.81. The zero-order valence-electron chi connectivity index (χ0n) is 15.9. The van der Waals surface area contributed by atoms with Crippen molar-refractivity contribution in [3.05, 3.63) is 40.3 Å². The minimum absolute atomic E-state index is 0.0682. The Balaban J connectivity index is 2.01. The van der Waals surface area contributed by atoms with E-state index in [4.69, 9.17) is 9.47 Å². The number of amides is 2. The number of rotatable bonds is 9. The number of carbonyl (C=O) groups excluding carboxylic acids is 2. The van der Waals surface area contributed by atoms with E-state index in [-0.39, 0.29) is 17.7 Å². The van der Waals surface area contributed by atoms with Crippen LogP contribution in [0.2, 0.25) is 0 Å². The lowest BCUT2D eigenvalue weighted by atomic mass is 10.0. The molecule has 0 spiro atoms. The maximum absolute atomic E-state index is 12.7. The molecule has 0 radical (unpaired) electrons. The van der Waals surface area contributed by atoms with Gasteiger partial charge in [-0.05, 0) is 18.1 Å². The summed E-state index contributed by atoms with van der Waals surface area (Å²) in [7, 11) is 3.03. The van der Waals surface area contributed by atoms with Crippen LogP contribution in [0, 0.1) is 5.92 Å². The quantitative estimate of drug-likeness (QED) is 0.684. The van der Waals surface area contributed by atoms with Crippen LogP contribution in [0.3, 0.4) is 0 Å². The fourth-order valence-electron chi connectivity index (χ4n) is 2.48. The van der Waals surface area contributed by atoms with Gasteiger partial charge in [0.1, 0.15) is 17.5 Å². The third kappa shape index (κ3) is 5.96. The Morgan fingerprint density at radius 3 is 2.33 bits per heavy atom. The molecule has 2 amide bonds. The summed E-state index contributed by atoms with van der Waals surface area (Å²) in [5.74, 6) is 0.369. The number of thiazole rings is 1. The van der Waals surface area contributed by atoms with Crippen molar-refractivity contribution < 1.29 is 19.1 Å². The summed E-state index contributed by atoms with van der Waals surface area (Å²) < 4.78 is 10.4. The maximum Gasteiger partial charge on any atom is 0.252 e. The van der Waals surface area contributed by atoms with Crippen LogP contribution in [0.4, 0.5) is 0 Å². The van der Waals surface area contributed by atoms with Crippen LogP contribution >= 0.6 is 11.3 Å². The number of aromatic nitrogens is 1. The Morgan fingerprint density at radius 2 is 1.81 bits per heavy atom. The van der Waals surface area contributed by atoms with Crippen molar-refractivity contribution >= 4 is 23.2 Å². The summed E-state index contributed by atoms with van der Waals surface area (Å²) in [6.07, 6.45) is 2.40. The van der Waals surface area contributed by atoms with E-state index in [0.717, 1.165) is 5.01 Å². The van der Waals surface area contributed by atoms with Crippen molar-refractivity contribution in [1.82, 2.24) is 15.6 Å². The predicted octanol–water partition coefficient (Wildman–Crippen LogP) is 2.27. The molecule has 0 aliphatic rings. The van der Waals surface area contributed by atoms with Gasteiger partial charge in [0.2, 0.25) is 5.91 Å². The summed E-state index contributed by atoms with van der Waals surface area (Å²) in [4.78, 5) is 29.4. The van der Waals surface area contributed by atoms with Crippen LogP contribution in [-0.4, -0.2) is 43.6 Å². The van der Waals surface area contributed by atoms with Crippen LogP contribution in [-0.2, 0) is 11.2 Å². The molecule has 0 aliphatic heterocycles. The molecule has 0 bridgehead atoms. The number of ether oxygens (including phenoxy) is 2. The minimum Gasteiger partial charge on any atom is -0.497 e. The van der Waals surface area contributed by atoms with E-state index >= 15 is 0 Å². The Kier molecular flexibility index (Phi) is 7.60. The molecule has 7 nitrogen and oxygen atoms in total. The Hall–Kier alpha value is -2.61. The molecule has 1 aromatic heterocycles. The van der Waals surface area contributed by atoms with Gasteiger partial charge in [-0.25, -0.2) is 4.98 Å². The number of benzene rings is 1. The third-order valence-electron chi connectivity index (χ3n) is 3.97. The summed E-state index contributed by atoms with van der Waals surface area (Å²) >= 11 is 1.55. The zero-order valence-corrected chi connectivity index (χ0v) is 16.8. The van der Waals surface area contributed by atoms with Crippen molar-refractivity contribution in [2.75, 3.05) is 20.8 Å². The number of nitrogens with zero attached hydrogens (tertiary/aromatic N) is 1. The standard InChI is InChI=1S/C19H25N3O4S/c1-12(2)17(19(24)21-6-5-16-20-7-8-27-16)22-18(23)13-9-14(25-3)11-15(10-13)26-4/h7-12,17H,5-6H2,1-4H3,(H,21,24)(H,22,23). The zero-order chi connectivity index (χ0) is 19.8. The molecular formula is C19H25N3O4S. The van der Waals surface area contributed by atoms with Crippen LogP contribution in [0.5, 0.6) is 11.5 Å². The van der Waals surface area contributed by atoms with Gasteiger partial charge >= 0.3 is 0 Å². The van der Waals surface area contributed by atoms with Crippen molar-refractivity contribution in [2.24, 2.45) is 5.92 Å². The lowest BCUT2D eigenvalue weighted by Gasteiger charge is -2.22. The second kappa shape index (κ2) is 9.91. The molecule has 1 aromatic carbocycles. The lowest BCUT2D eigenvalue weighted by Crippen LogP contribution is -2.50. The number of hydrogen-bond donors (Lipinski definition) is 2. The second-order valence-electron chi connectivity index (χ2n) is 6.26. The Labute approximate surface area is 163 Å². The molecule has 146 valence electrons. The van der Waals surface area contributed by atoms with Crippen LogP contribution in [0.1, 0.15) is 29.2 Å². The average Bonchev–Trinajstić information content (AvgIpc) is 3.18. The van der Waals surface area contributed by atoms with Gasteiger partial charge in [0.25, 0.3) is 5.91 Å². The highest BCUT2D eigenvalue weighted by Gasteiger charge is 2.25. The van der Waals surface area contributed by atoms with E-state index in [1.165, 1.54) is 14.2 Å². The predicted molar refractivity (Wildman–Crippen MR) is 104 cm³/mol. The van der Waals surface area contributed by atoms with Gasteiger partial charge in [0.05, 0.1) is 19.2 Å². The molecule has 0 saturated heterocycles. The van der Waals surface area contributed by atoms with E-state index in [2.05, 4.69) is 15.6 Å². The van der Waals surface area contributed by atoms with Crippen molar-refractivity contribution in [3.8, 4) is 11.5 Å². The fraction of sp³-hybridized carbons (Fsp3) is 0.421. The van der Waals surface area contributed by atoms with Gasteiger partial charge in [-0.1, -0.05) is 13.8 Å². The second-order valence-corrected chi connectivity index (χ2v) is 7.24. The molecule has 0 fully saturated rings. The smallest absolute Gasteiger partial charge is 0.252 e. The molecular weight excluding hydrogens is 366 g/mol. The number of hydrogen-bond acceptors (Lipinski definition) is 6. The molecule has 27 heavy (non-hydrogen) atoms. The van der Waals surface area contributed by atoms with Gasteiger partial charge in [-0.3, -0.25) is 9.59 Å². The van der Waals surface area contributed by atoms with Crippen molar-refractivity contribution in [1.29, 1.82) is 0 Å². The summed E-state index contributed by atoms with van der Waals surface area (Å²) in [5, 5.41) is 8.53. The van der Waals surface area contributed by atoms with Crippen molar-refractivity contribution in [2.45, 2.75) is 26.3 Å². The molecule has 8 heteroatoms. The van der Waals surface area contributed by atoms with Gasteiger partial charge in [-0.15, -0.1) is 11.3 Å². The monoisotopic (exact) mass is 391 g/mol. The highest BCUT2D eigenvalue weighted by Crippen LogP contribution is 2.22. The summed E-state index contributed by atoms with van der Waals surface area (Å²) in [5.41, 5.74) is 0.368. The fourth-order valence-corrected chi connectivity index (χ4v) is 3.10. The lowest BCUT2D eigenvalue weighted by molar-refractivity contribution is -0.123. The average molecular weight is 391 g/mol. The van der Waals surface area contributed by atoms with E-state index in [9.17, 15) is 9.59 Å². The molecule has 2 N–H and O–H groups in total. The minimum atomic E-state index is -0.647. The van der Waals surface area contributed by atoms with Gasteiger partial charge < -0.3 is 20.1 Å². The normalized spacial score (nSPS) is 11.7. The summed E-state index contributed by atoms with van der Waals surface area (Å²) in [6.45, 7) is 4.24. The first-order valence-electron chi connectivity index (χ1n) is 8.64. The molecule has 2 rings (SSSR count). The van der Waals surface area contributed by atoms with E-state index < -0.39 is 6.04 Å². The Morgan fingerprint density at radius 1 is 1.15 bits per heavy atom. The highest BCUT2D eigenvalue weighted by atomic mass is 32.1. The number of methoxy groups -OCH3 is 2. The molecule has 1 heterocycles. The number of nitrogens with one attached hydrogen (secondary N) is 2. The topological polar surface area (TPSA) is 89.5 Å². The molecule has 1 atom stereocenters. The molecule has 2 aromatic rings. The van der Waals surface area contributed by atoms with Crippen LogP contribution in [0.15, 0.2) is 29.8 Å². The van der Waals surface area contributed by atoms with Gasteiger partial charge in [0, 0.05) is 36.2 Å². The van der Waals surface area contributed by atoms with Crippen molar-refractivity contribution in [3.63, 3.8) is 0 Å². The van der Waals surface area contributed by atoms with E-state index in [0.29, 0.717) is 30.0 Å². The van der Waals surface area contributed by atoms with E-state index in [1.54, 1.807) is 35.7 Å². The van der Waals surface area contributed by atoms with Crippen LogP contribution < -0.4 is 20.1 Å². The molecule has 0 saturated carbocycles. The first-order chi connectivity index (χ1) is 12.9. The van der Waals surface area contributed by atoms with Gasteiger partial charge in [0.15, 0.2) is 0 Å². The van der Waals surface area contributed by atoms with E-state index in [1.807, 2.05) is 19.2 Å².